The van der Waals surface area contributed by atoms with E-state index >= 15 is 0 Å². The van der Waals surface area contributed by atoms with Crippen LogP contribution in [-0.4, -0.2) is 50.3 Å². The average molecular weight is 343 g/mol. The molecule has 4 rings (SSSR count). The number of hydrogen-bond donors (Lipinski definition) is 2. The predicted molar refractivity (Wildman–Crippen MR) is 92.0 cm³/mol. The van der Waals surface area contributed by atoms with Crippen LogP contribution in [0.2, 0.25) is 0 Å². The van der Waals surface area contributed by atoms with E-state index in [-0.39, 0.29) is 6.04 Å². The fourth-order valence-electron chi connectivity index (χ4n) is 3.19. The second-order valence-electron chi connectivity index (χ2n) is 6.19. The van der Waals surface area contributed by atoms with Crippen LogP contribution in [-0.2, 0) is 4.74 Å². The van der Waals surface area contributed by atoms with Crippen molar-refractivity contribution < 1.29 is 9.47 Å². The molecule has 25 heavy (non-hydrogen) atoms. The number of anilines is 2. The van der Waals surface area contributed by atoms with Gasteiger partial charge in [-0.2, -0.15) is 5.10 Å². The van der Waals surface area contributed by atoms with E-state index in [2.05, 4.69) is 37.5 Å². The Labute approximate surface area is 144 Å². The Bertz CT molecular complexity index is 853. The lowest BCUT2D eigenvalue weighted by Gasteiger charge is -2.28. The molecule has 4 heterocycles. The van der Waals surface area contributed by atoms with E-state index < -0.39 is 0 Å². The van der Waals surface area contributed by atoms with Crippen LogP contribution in [0.5, 0.6) is 5.88 Å². The molecule has 9 heteroatoms. The first kappa shape index (κ1) is 15.8. The summed E-state index contributed by atoms with van der Waals surface area (Å²) in [5, 5.41) is 14.5. The second-order valence-corrected chi connectivity index (χ2v) is 6.19. The first-order valence-corrected chi connectivity index (χ1v) is 8.39. The van der Waals surface area contributed by atoms with Gasteiger partial charge in [-0.05, 0) is 25.7 Å². The van der Waals surface area contributed by atoms with Crippen molar-refractivity contribution in [2.45, 2.75) is 25.8 Å². The average Bonchev–Trinajstić information content (AvgIpc) is 3.28. The number of nitrogens with zero attached hydrogens (tertiary/aromatic N) is 5. The summed E-state index contributed by atoms with van der Waals surface area (Å²) in [7, 11) is 1.57. The Hall–Kier alpha value is -2.68. The van der Waals surface area contributed by atoms with Gasteiger partial charge in [0.25, 0.3) is 0 Å². The van der Waals surface area contributed by atoms with E-state index in [0.29, 0.717) is 23.4 Å². The number of nitrogens with one attached hydrogen (secondary N) is 2. The SMILES string of the molecule is COc1cc(Nc2cnc3cnn([C@@H](C)C4CCOCC4)c3n2)[nH]n1. The normalized spacial score (nSPS) is 16.9. The van der Waals surface area contributed by atoms with E-state index in [9.17, 15) is 0 Å². The zero-order chi connectivity index (χ0) is 17.2. The maximum atomic E-state index is 5.46. The van der Waals surface area contributed by atoms with Crippen LogP contribution in [0.4, 0.5) is 11.6 Å². The van der Waals surface area contributed by atoms with Crippen LogP contribution in [0.25, 0.3) is 11.2 Å². The molecule has 0 unspecified atom stereocenters. The van der Waals surface area contributed by atoms with E-state index in [0.717, 1.165) is 37.2 Å². The van der Waals surface area contributed by atoms with Gasteiger partial charge in [0.05, 0.1) is 25.5 Å². The summed E-state index contributed by atoms with van der Waals surface area (Å²) in [5.74, 6) is 2.36. The molecular weight excluding hydrogens is 322 g/mol. The molecule has 0 saturated carbocycles. The summed E-state index contributed by atoms with van der Waals surface area (Å²) in [4.78, 5) is 9.14. The molecule has 3 aromatic heterocycles. The van der Waals surface area contributed by atoms with E-state index in [1.165, 1.54) is 0 Å². The van der Waals surface area contributed by atoms with Gasteiger partial charge in [0.2, 0.25) is 5.88 Å². The predicted octanol–water partition coefficient (Wildman–Crippen LogP) is 2.29. The minimum absolute atomic E-state index is 0.248. The van der Waals surface area contributed by atoms with E-state index in [4.69, 9.17) is 9.47 Å². The number of fused-ring (bicyclic) bond motifs is 1. The lowest BCUT2D eigenvalue weighted by Crippen LogP contribution is -2.24. The van der Waals surface area contributed by atoms with Crippen LogP contribution >= 0.6 is 0 Å². The highest BCUT2D eigenvalue weighted by molar-refractivity contribution is 5.72. The smallest absolute Gasteiger partial charge is 0.234 e. The molecule has 9 nitrogen and oxygen atoms in total. The summed E-state index contributed by atoms with van der Waals surface area (Å²) in [5.41, 5.74) is 1.56. The van der Waals surface area contributed by atoms with Crippen molar-refractivity contribution in [3.05, 3.63) is 18.5 Å². The largest absolute Gasteiger partial charge is 0.480 e. The Morgan fingerprint density at radius 2 is 2.20 bits per heavy atom. The van der Waals surface area contributed by atoms with Crippen LogP contribution in [0, 0.1) is 5.92 Å². The van der Waals surface area contributed by atoms with Crippen molar-refractivity contribution >= 4 is 22.8 Å². The molecule has 1 fully saturated rings. The highest BCUT2D eigenvalue weighted by atomic mass is 16.5. The zero-order valence-electron chi connectivity index (χ0n) is 14.3. The molecule has 3 aromatic rings. The first-order valence-electron chi connectivity index (χ1n) is 8.39. The molecular formula is C16H21N7O2. The van der Waals surface area contributed by atoms with Gasteiger partial charge in [0.15, 0.2) is 11.5 Å². The van der Waals surface area contributed by atoms with E-state index in [1.807, 2.05) is 4.68 Å². The Kier molecular flexibility index (Phi) is 4.22. The molecule has 0 radical (unpaired) electrons. The lowest BCUT2D eigenvalue weighted by atomic mass is 9.93. The van der Waals surface area contributed by atoms with Crippen LogP contribution < -0.4 is 10.1 Å². The van der Waals surface area contributed by atoms with Gasteiger partial charge in [0.1, 0.15) is 11.3 Å². The first-order chi connectivity index (χ1) is 12.2. The second kappa shape index (κ2) is 6.67. The number of aromatic amines is 1. The standard InChI is InChI=1S/C16H21N7O2/c1-10(11-3-5-25-6-4-11)23-16-12(8-18-23)17-9-14(20-16)19-13-7-15(24-2)22-21-13/h7-11H,3-6H2,1-2H3,(H2,19,20,21,22)/t10-/m0/s1. The van der Waals surface area contributed by atoms with Gasteiger partial charge < -0.3 is 14.8 Å². The molecule has 1 aliphatic rings. The summed E-state index contributed by atoms with van der Waals surface area (Å²) >= 11 is 0. The summed E-state index contributed by atoms with van der Waals surface area (Å²) in [6, 6.07) is 2.01. The summed E-state index contributed by atoms with van der Waals surface area (Å²) in [6.07, 6.45) is 5.53. The van der Waals surface area contributed by atoms with Crippen molar-refractivity contribution in [3.8, 4) is 5.88 Å². The molecule has 0 aliphatic carbocycles. The zero-order valence-corrected chi connectivity index (χ0v) is 14.3. The van der Waals surface area contributed by atoms with Crippen molar-refractivity contribution in [2.75, 3.05) is 25.6 Å². The Morgan fingerprint density at radius 1 is 1.36 bits per heavy atom. The quantitative estimate of drug-likeness (QED) is 0.732. The fourth-order valence-corrected chi connectivity index (χ4v) is 3.19. The highest BCUT2D eigenvalue weighted by Crippen LogP contribution is 2.29. The minimum Gasteiger partial charge on any atom is -0.480 e. The summed E-state index contributed by atoms with van der Waals surface area (Å²) < 4.78 is 12.5. The molecule has 2 N–H and O–H groups in total. The molecule has 1 saturated heterocycles. The van der Waals surface area contributed by atoms with Gasteiger partial charge >= 0.3 is 0 Å². The monoisotopic (exact) mass is 343 g/mol. The van der Waals surface area contributed by atoms with Crippen molar-refractivity contribution in [1.82, 2.24) is 29.9 Å². The van der Waals surface area contributed by atoms with Gasteiger partial charge in [-0.1, -0.05) is 0 Å². The van der Waals surface area contributed by atoms with Crippen LogP contribution in [0.3, 0.4) is 0 Å². The van der Waals surface area contributed by atoms with Gasteiger partial charge in [0, 0.05) is 19.3 Å². The Balaban J connectivity index is 1.60. The van der Waals surface area contributed by atoms with Crippen molar-refractivity contribution in [2.24, 2.45) is 5.92 Å². The molecule has 0 bridgehead atoms. The third kappa shape index (κ3) is 3.14. The van der Waals surface area contributed by atoms with Crippen molar-refractivity contribution in [1.29, 1.82) is 0 Å². The molecule has 0 spiro atoms. The molecule has 1 atom stereocenters. The van der Waals surface area contributed by atoms with Gasteiger partial charge in [-0.25, -0.2) is 14.6 Å². The van der Waals surface area contributed by atoms with Gasteiger partial charge in [-0.3, -0.25) is 5.10 Å². The maximum Gasteiger partial charge on any atom is 0.234 e. The molecule has 0 aromatic carbocycles. The lowest BCUT2D eigenvalue weighted by molar-refractivity contribution is 0.0501. The van der Waals surface area contributed by atoms with Crippen molar-refractivity contribution in [3.63, 3.8) is 0 Å². The number of aromatic nitrogens is 6. The minimum atomic E-state index is 0.248. The number of hydrogen-bond acceptors (Lipinski definition) is 7. The topological polar surface area (TPSA) is 103 Å². The van der Waals surface area contributed by atoms with Crippen LogP contribution in [0.15, 0.2) is 18.5 Å². The van der Waals surface area contributed by atoms with Crippen LogP contribution in [0.1, 0.15) is 25.8 Å². The fraction of sp³-hybridized carbons (Fsp3) is 0.500. The summed E-state index contributed by atoms with van der Waals surface area (Å²) in [6.45, 7) is 3.81. The van der Waals surface area contributed by atoms with E-state index in [1.54, 1.807) is 25.6 Å². The highest BCUT2D eigenvalue weighted by Gasteiger charge is 2.24. The molecule has 1 aliphatic heterocycles. The molecule has 0 amide bonds. The number of rotatable bonds is 5. The molecule has 132 valence electrons. The third-order valence-corrected chi connectivity index (χ3v) is 4.66. The number of methoxy groups -OCH3 is 1. The Morgan fingerprint density at radius 3 is 2.96 bits per heavy atom. The number of ether oxygens (including phenoxy) is 2. The number of H-pyrrole nitrogens is 1. The third-order valence-electron chi connectivity index (χ3n) is 4.66. The van der Waals surface area contributed by atoms with Gasteiger partial charge in [-0.15, -0.1) is 5.10 Å². The maximum absolute atomic E-state index is 5.46.